The predicted octanol–water partition coefficient (Wildman–Crippen LogP) is 3.17. The van der Waals surface area contributed by atoms with Crippen molar-refractivity contribution in [3.8, 4) is 0 Å². The van der Waals surface area contributed by atoms with Gasteiger partial charge in [-0.2, -0.15) is 0 Å². The summed E-state index contributed by atoms with van der Waals surface area (Å²) < 4.78 is 7.19. The predicted molar refractivity (Wildman–Crippen MR) is 77.8 cm³/mol. The molecule has 102 valence electrons. The van der Waals surface area contributed by atoms with Gasteiger partial charge in [-0.3, -0.25) is 4.79 Å². The van der Waals surface area contributed by atoms with E-state index in [1.807, 2.05) is 11.4 Å². The molecule has 0 bridgehead atoms. The van der Waals surface area contributed by atoms with Crippen molar-refractivity contribution in [2.45, 2.75) is 26.8 Å². The first-order valence-corrected chi connectivity index (χ1v) is 7.79. The van der Waals surface area contributed by atoms with E-state index in [1.54, 1.807) is 25.2 Å². The maximum atomic E-state index is 11.9. The van der Waals surface area contributed by atoms with Gasteiger partial charge in [-0.05, 0) is 18.4 Å². The Bertz CT molecular complexity index is 600. The number of fused-ring (bicyclic) bond motifs is 1. The second-order valence-corrected chi connectivity index (χ2v) is 5.84. The highest BCUT2D eigenvalue weighted by Gasteiger charge is 2.20. The lowest BCUT2D eigenvalue weighted by molar-refractivity contribution is -0.120. The Hall–Kier alpha value is -1.40. The summed E-state index contributed by atoms with van der Waals surface area (Å²) in [5, 5.41) is 4.81. The van der Waals surface area contributed by atoms with Crippen molar-refractivity contribution in [3.05, 3.63) is 21.9 Å². The number of carbonyl (C=O) groups is 2. The molecule has 1 N–H and O–H groups in total. The molecule has 0 fully saturated rings. The number of rotatable bonds is 5. The number of nitrogens with one attached hydrogen (secondary N) is 1. The van der Waals surface area contributed by atoms with Crippen molar-refractivity contribution in [1.82, 2.24) is 5.32 Å². The van der Waals surface area contributed by atoms with E-state index in [9.17, 15) is 9.59 Å². The third-order valence-electron chi connectivity index (χ3n) is 2.63. The number of hydrogen-bond donors (Lipinski definition) is 1. The first-order chi connectivity index (χ1) is 9.17. The first-order valence-electron chi connectivity index (χ1n) is 6.10. The van der Waals surface area contributed by atoms with Gasteiger partial charge >= 0.3 is 5.97 Å². The lowest BCUT2D eigenvalue weighted by atomic mass is 10.2. The van der Waals surface area contributed by atoms with Gasteiger partial charge in [0.05, 0.1) is 11.3 Å². The van der Waals surface area contributed by atoms with Crippen molar-refractivity contribution < 1.29 is 14.3 Å². The Labute approximate surface area is 119 Å². The van der Waals surface area contributed by atoms with Gasteiger partial charge in [-0.25, -0.2) is 4.79 Å². The number of carbonyl (C=O) groups excluding carboxylic acids is 2. The highest BCUT2D eigenvalue weighted by Crippen LogP contribution is 2.35. The standard InChI is InChI=1S/C13H15NO3S2/c1-3-10(15)14-7-8-11-9(5-6-18-11)19-12(8)13(16)17-4-2/h5-6H,3-4,7H2,1-2H3,(H,14,15). The third-order valence-corrected chi connectivity index (χ3v) is 4.91. The van der Waals surface area contributed by atoms with Crippen LogP contribution in [0, 0.1) is 0 Å². The van der Waals surface area contributed by atoms with Crippen molar-refractivity contribution in [3.63, 3.8) is 0 Å². The van der Waals surface area contributed by atoms with Gasteiger partial charge in [0, 0.05) is 23.2 Å². The zero-order chi connectivity index (χ0) is 13.8. The van der Waals surface area contributed by atoms with Gasteiger partial charge in [0.1, 0.15) is 4.88 Å². The molecule has 4 nitrogen and oxygen atoms in total. The molecule has 0 aromatic carbocycles. The molecular weight excluding hydrogens is 282 g/mol. The van der Waals surface area contributed by atoms with E-state index in [1.165, 1.54) is 11.3 Å². The summed E-state index contributed by atoms with van der Waals surface area (Å²) in [6.07, 6.45) is 0.437. The Morgan fingerprint density at radius 3 is 2.84 bits per heavy atom. The SMILES string of the molecule is CCOC(=O)c1sc2ccsc2c1CNC(=O)CC. The van der Waals surface area contributed by atoms with Crippen LogP contribution in [0.4, 0.5) is 0 Å². The van der Waals surface area contributed by atoms with Crippen LogP contribution in [0.1, 0.15) is 35.5 Å². The van der Waals surface area contributed by atoms with Crippen LogP contribution in [0.3, 0.4) is 0 Å². The topological polar surface area (TPSA) is 55.4 Å². The molecule has 0 aliphatic heterocycles. The second-order valence-electron chi connectivity index (χ2n) is 3.87. The van der Waals surface area contributed by atoms with Crippen LogP contribution >= 0.6 is 22.7 Å². The molecule has 0 atom stereocenters. The van der Waals surface area contributed by atoms with Gasteiger partial charge in [-0.15, -0.1) is 22.7 Å². The molecule has 0 radical (unpaired) electrons. The second kappa shape index (κ2) is 6.16. The highest BCUT2D eigenvalue weighted by atomic mass is 32.1. The third kappa shape index (κ3) is 2.96. The maximum absolute atomic E-state index is 11.9. The van der Waals surface area contributed by atoms with E-state index < -0.39 is 0 Å². The summed E-state index contributed by atoms with van der Waals surface area (Å²) in [5.41, 5.74) is 0.871. The monoisotopic (exact) mass is 297 g/mol. The molecule has 6 heteroatoms. The molecule has 2 aromatic heterocycles. The molecule has 19 heavy (non-hydrogen) atoms. The van der Waals surface area contributed by atoms with Gasteiger partial charge in [-0.1, -0.05) is 6.92 Å². The van der Waals surface area contributed by atoms with Crippen LogP contribution < -0.4 is 5.32 Å². The summed E-state index contributed by atoms with van der Waals surface area (Å²) in [6, 6.07) is 1.98. The molecule has 1 amide bonds. The summed E-state index contributed by atoms with van der Waals surface area (Å²) in [7, 11) is 0. The van der Waals surface area contributed by atoms with Crippen molar-refractivity contribution in [1.29, 1.82) is 0 Å². The molecule has 0 saturated heterocycles. The van der Waals surface area contributed by atoms with Crippen molar-refractivity contribution in [2.24, 2.45) is 0 Å². The Balaban J connectivity index is 2.31. The average Bonchev–Trinajstić information content (AvgIpc) is 2.96. The number of esters is 1. The smallest absolute Gasteiger partial charge is 0.348 e. The summed E-state index contributed by atoms with van der Waals surface area (Å²) in [5.74, 6) is -0.331. The number of thiophene rings is 2. The van der Waals surface area contributed by atoms with Crippen LogP contribution in [0.2, 0.25) is 0 Å². The van der Waals surface area contributed by atoms with E-state index in [-0.39, 0.29) is 11.9 Å². The van der Waals surface area contributed by atoms with E-state index >= 15 is 0 Å². The minimum Gasteiger partial charge on any atom is -0.462 e. The Morgan fingerprint density at radius 2 is 2.16 bits per heavy atom. The Kier molecular flexibility index (Phi) is 4.55. The van der Waals surface area contributed by atoms with Crippen LogP contribution in [0.5, 0.6) is 0 Å². The van der Waals surface area contributed by atoms with Gasteiger partial charge < -0.3 is 10.1 Å². The molecule has 2 aromatic rings. The van der Waals surface area contributed by atoms with Crippen molar-refractivity contribution >= 4 is 43.9 Å². The summed E-state index contributed by atoms with van der Waals surface area (Å²) in [6.45, 7) is 4.31. The fourth-order valence-corrected chi connectivity index (χ4v) is 3.98. The number of ether oxygens (including phenoxy) is 1. The number of hydrogen-bond acceptors (Lipinski definition) is 5. The quantitative estimate of drug-likeness (QED) is 0.862. The van der Waals surface area contributed by atoms with Crippen LogP contribution in [0.25, 0.3) is 9.40 Å². The maximum Gasteiger partial charge on any atom is 0.348 e. The first kappa shape index (κ1) is 14.0. The minimum absolute atomic E-state index is 0.0225. The van der Waals surface area contributed by atoms with Gasteiger partial charge in [0.15, 0.2) is 0 Å². The fourth-order valence-electron chi connectivity index (χ4n) is 1.71. The van der Waals surface area contributed by atoms with E-state index in [4.69, 9.17) is 4.74 Å². The lowest BCUT2D eigenvalue weighted by Crippen LogP contribution is -2.22. The van der Waals surface area contributed by atoms with E-state index in [0.29, 0.717) is 24.4 Å². The molecule has 0 aliphatic carbocycles. The highest BCUT2D eigenvalue weighted by molar-refractivity contribution is 7.28. The van der Waals surface area contributed by atoms with Crippen LogP contribution in [-0.4, -0.2) is 18.5 Å². The van der Waals surface area contributed by atoms with Crippen LogP contribution in [-0.2, 0) is 16.1 Å². The Morgan fingerprint density at radius 1 is 1.37 bits per heavy atom. The van der Waals surface area contributed by atoms with Gasteiger partial charge in [0.25, 0.3) is 0 Å². The van der Waals surface area contributed by atoms with Crippen molar-refractivity contribution in [2.75, 3.05) is 6.61 Å². The number of amides is 1. The van der Waals surface area contributed by atoms with Crippen LogP contribution in [0.15, 0.2) is 11.4 Å². The summed E-state index contributed by atoms with van der Waals surface area (Å²) >= 11 is 3.00. The summed E-state index contributed by atoms with van der Waals surface area (Å²) in [4.78, 5) is 23.9. The normalized spacial score (nSPS) is 10.6. The molecule has 0 spiro atoms. The minimum atomic E-state index is -0.309. The molecule has 2 rings (SSSR count). The fraction of sp³-hybridized carbons (Fsp3) is 0.385. The largest absolute Gasteiger partial charge is 0.462 e. The molecule has 0 unspecified atom stereocenters. The zero-order valence-corrected chi connectivity index (χ0v) is 12.5. The van der Waals surface area contributed by atoms with E-state index in [0.717, 1.165) is 15.0 Å². The zero-order valence-electron chi connectivity index (χ0n) is 10.8. The van der Waals surface area contributed by atoms with Gasteiger partial charge in [0.2, 0.25) is 5.91 Å². The lowest BCUT2D eigenvalue weighted by Gasteiger charge is -2.05. The molecule has 2 heterocycles. The molecular formula is C13H15NO3S2. The molecule has 0 aliphatic rings. The average molecular weight is 297 g/mol. The van der Waals surface area contributed by atoms with E-state index in [2.05, 4.69) is 5.32 Å². The molecule has 0 saturated carbocycles.